The van der Waals surface area contributed by atoms with Gasteiger partial charge in [-0.25, -0.2) is 9.97 Å². The minimum absolute atomic E-state index is 0.342. The normalized spacial score (nSPS) is 16.8. The van der Waals surface area contributed by atoms with Crippen LogP contribution < -0.4 is 16.0 Å². The Kier molecular flexibility index (Phi) is 4.64. The summed E-state index contributed by atoms with van der Waals surface area (Å²) in [4.78, 5) is 8.99. The van der Waals surface area contributed by atoms with Crippen molar-refractivity contribution in [2.75, 3.05) is 25.5 Å². The number of aryl methyl sites for hydroxylation is 1. The molecule has 2 aromatic heterocycles. The Balaban J connectivity index is 1.63. The van der Waals surface area contributed by atoms with E-state index in [1.807, 2.05) is 26.4 Å². The molecule has 1 aliphatic heterocycles. The molecule has 26 heavy (non-hydrogen) atoms. The van der Waals surface area contributed by atoms with Gasteiger partial charge in [0, 0.05) is 37.6 Å². The van der Waals surface area contributed by atoms with E-state index in [4.69, 9.17) is 0 Å². The highest BCUT2D eigenvalue weighted by Gasteiger charge is 2.17. The fraction of sp³-hybridized carbons (Fsp3) is 0.316. The molecule has 1 aromatic carbocycles. The van der Waals surface area contributed by atoms with E-state index >= 15 is 0 Å². The number of fused-ring (bicyclic) bond motifs is 1. The van der Waals surface area contributed by atoms with Crippen molar-refractivity contribution < 1.29 is 0 Å². The second-order valence-electron chi connectivity index (χ2n) is 6.50. The Hall–Kier alpha value is -2.77. The standard InChI is InChI=1S/C19H23N7/c1-20-18-11-21-7-5-13-9-14(3-4-16(13)18)17-6-8-22-19(25-17)24-15-10-23-26(2)12-15/h3-4,6,8-10,12,18,20-21H,5,7,11H2,1-2H3,(H,22,24,25). The number of aromatic nitrogens is 4. The Labute approximate surface area is 152 Å². The molecule has 1 atom stereocenters. The molecular formula is C19H23N7. The molecule has 1 aliphatic rings. The van der Waals surface area contributed by atoms with Gasteiger partial charge in [-0.3, -0.25) is 4.68 Å². The molecule has 0 saturated heterocycles. The highest BCUT2D eigenvalue weighted by Crippen LogP contribution is 2.27. The zero-order chi connectivity index (χ0) is 17.9. The van der Waals surface area contributed by atoms with Crippen molar-refractivity contribution in [2.45, 2.75) is 12.5 Å². The van der Waals surface area contributed by atoms with Gasteiger partial charge in [-0.15, -0.1) is 0 Å². The zero-order valence-corrected chi connectivity index (χ0v) is 15.0. The second kappa shape index (κ2) is 7.23. The summed E-state index contributed by atoms with van der Waals surface area (Å²) in [6, 6.07) is 8.90. The van der Waals surface area contributed by atoms with E-state index in [-0.39, 0.29) is 0 Å². The lowest BCUT2D eigenvalue weighted by Gasteiger charge is -2.17. The summed E-state index contributed by atoms with van der Waals surface area (Å²) >= 11 is 0. The van der Waals surface area contributed by atoms with Crippen LogP contribution in [0, 0.1) is 0 Å². The van der Waals surface area contributed by atoms with Gasteiger partial charge in [0.1, 0.15) is 0 Å². The number of hydrogen-bond acceptors (Lipinski definition) is 6. The van der Waals surface area contributed by atoms with Crippen molar-refractivity contribution in [3.8, 4) is 11.3 Å². The molecule has 0 saturated carbocycles. The van der Waals surface area contributed by atoms with Gasteiger partial charge >= 0.3 is 0 Å². The molecule has 0 aliphatic carbocycles. The Morgan fingerprint density at radius 3 is 3.00 bits per heavy atom. The first-order chi connectivity index (χ1) is 12.7. The number of anilines is 2. The van der Waals surface area contributed by atoms with Gasteiger partial charge in [-0.1, -0.05) is 12.1 Å². The minimum Gasteiger partial charge on any atom is -0.321 e. The van der Waals surface area contributed by atoms with Crippen LogP contribution in [0.5, 0.6) is 0 Å². The van der Waals surface area contributed by atoms with E-state index in [9.17, 15) is 0 Å². The van der Waals surface area contributed by atoms with Crippen LogP contribution in [0.2, 0.25) is 0 Å². The highest BCUT2D eigenvalue weighted by atomic mass is 15.3. The smallest absolute Gasteiger partial charge is 0.227 e. The van der Waals surface area contributed by atoms with E-state index in [1.165, 1.54) is 11.1 Å². The molecule has 0 bridgehead atoms. The molecule has 7 nitrogen and oxygen atoms in total. The van der Waals surface area contributed by atoms with Crippen LogP contribution in [0.3, 0.4) is 0 Å². The van der Waals surface area contributed by atoms with Gasteiger partial charge in [0.25, 0.3) is 0 Å². The summed E-state index contributed by atoms with van der Waals surface area (Å²) in [5.74, 6) is 0.570. The number of hydrogen-bond donors (Lipinski definition) is 3. The number of nitrogens with one attached hydrogen (secondary N) is 3. The first kappa shape index (κ1) is 16.7. The summed E-state index contributed by atoms with van der Waals surface area (Å²) in [7, 11) is 3.89. The van der Waals surface area contributed by atoms with Gasteiger partial charge in [0.15, 0.2) is 0 Å². The van der Waals surface area contributed by atoms with Gasteiger partial charge in [-0.05, 0) is 43.3 Å². The molecule has 134 valence electrons. The molecule has 1 unspecified atom stereocenters. The third-order valence-electron chi connectivity index (χ3n) is 4.70. The Bertz CT molecular complexity index is 902. The maximum atomic E-state index is 4.67. The third-order valence-corrected chi connectivity index (χ3v) is 4.70. The molecule has 3 aromatic rings. The largest absolute Gasteiger partial charge is 0.321 e. The highest BCUT2D eigenvalue weighted by molar-refractivity contribution is 5.63. The lowest BCUT2D eigenvalue weighted by atomic mass is 9.96. The number of nitrogens with zero attached hydrogens (tertiary/aromatic N) is 4. The van der Waals surface area contributed by atoms with E-state index in [0.29, 0.717) is 12.0 Å². The fourth-order valence-electron chi connectivity index (χ4n) is 3.35. The van der Waals surface area contributed by atoms with Crippen molar-refractivity contribution in [1.29, 1.82) is 0 Å². The summed E-state index contributed by atoms with van der Waals surface area (Å²) in [6.07, 6.45) is 6.45. The van der Waals surface area contributed by atoms with E-state index in [1.54, 1.807) is 17.1 Å². The van der Waals surface area contributed by atoms with E-state index in [2.05, 4.69) is 49.2 Å². The monoisotopic (exact) mass is 349 g/mol. The molecule has 3 N–H and O–H groups in total. The van der Waals surface area contributed by atoms with Crippen LogP contribution >= 0.6 is 0 Å². The first-order valence-electron chi connectivity index (χ1n) is 8.83. The topological polar surface area (TPSA) is 79.7 Å². The number of benzene rings is 1. The van der Waals surface area contributed by atoms with Crippen LogP contribution in [-0.2, 0) is 13.5 Å². The van der Waals surface area contributed by atoms with Gasteiger partial charge in [-0.2, -0.15) is 5.10 Å². The summed E-state index contributed by atoms with van der Waals surface area (Å²) in [6.45, 7) is 1.95. The zero-order valence-electron chi connectivity index (χ0n) is 15.0. The van der Waals surface area contributed by atoms with E-state index in [0.717, 1.165) is 36.5 Å². The summed E-state index contributed by atoms with van der Waals surface area (Å²) < 4.78 is 1.74. The number of rotatable bonds is 4. The maximum absolute atomic E-state index is 4.67. The number of likely N-dealkylation sites (N-methyl/N-ethyl adjacent to an activating group) is 1. The minimum atomic E-state index is 0.342. The Morgan fingerprint density at radius 1 is 1.27 bits per heavy atom. The maximum Gasteiger partial charge on any atom is 0.227 e. The SMILES string of the molecule is CNC1CNCCc2cc(-c3ccnc(Nc4cnn(C)c4)n3)ccc21. The molecule has 0 fully saturated rings. The Morgan fingerprint density at radius 2 is 2.19 bits per heavy atom. The lowest BCUT2D eigenvalue weighted by Crippen LogP contribution is -2.27. The van der Waals surface area contributed by atoms with Gasteiger partial charge in [0.05, 0.1) is 17.6 Å². The van der Waals surface area contributed by atoms with Crippen LogP contribution in [0.25, 0.3) is 11.3 Å². The van der Waals surface area contributed by atoms with Gasteiger partial charge in [0.2, 0.25) is 5.95 Å². The van der Waals surface area contributed by atoms with E-state index < -0.39 is 0 Å². The average molecular weight is 349 g/mol. The summed E-state index contributed by atoms with van der Waals surface area (Å²) in [5.41, 5.74) is 5.62. The van der Waals surface area contributed by atoms with Crippen molar-refractivity contribution in [3.63, 3.8) is 0 Å². The molecule has 3 heterocycles. The first-order valence-corrected chi connectivity index (χ1v) is 8.83. The quantitative estimate of drug-likeness (QED) is 0.669. The molecule has 0 spiro atoms. The third kappa shape index (κ3) is 3.44. The predicted molar refractivity (Wildman–Crippen MR) is 102 cm³/mol. The van der Waals surface area contributed by atoms with Crippen LogP contribution in [0.1, 0.15) is 17.2 Å². The van der Waals surface area contributed by atoms with Crippen LogP contribution in [-0.4, -0.2) is 39.9 Å². The fourth-order valence-corrected chi connectivity index (χ4v) is 3.35. The molecule has 0 radical (unpaired) electrons. The van der Waals surface area contributed by atoms with Crippen molar-refractivity contribution in [1.82, 2.24) is 30.4 Å². The molecule has 0 amide bonds. The molecule has 4 rings (SSSR count). The molecular weight excluding hydrogens is 326 g/mol. The summed E-state index contributed by atoms with van der Waals surface area (Å²) in [5, 5.41) is 14.2. The lowest BCUT2D eigenvalue weighted by molar-refractivity contribution is 0.549. The molecule has 7 heteroatoms. The van der Waals surface area contributed by atoms with Crippen molar-refractivity contribution in [3.05, 3.63) is 54.0 Å². The van der Waals surface area contributed by atoms with Crippen LogP contribution in [0.4, 0.5) is 11.6 Å². The average Bonchev–Trinajstić information content (AvgIpc) is 2.95. The van der Waals surface area contributed by atoms with Crippen molar-refractivity contribution >= 4 is 11.6 Å². The second-order valence-corrected chi connectivity index (χ2v) is 6.50. The van der Waals surface area contributed by atoms with Crippen LogP contribution in [0.15, 0.2) is 42.9 Å². The van der Waals surface area contributed by atoms with Crippen molar-refractivity contribution in [2.24, 2.45) is 7.05 Å². The predicted octanol–water partition coefficient (Wildman–Crippen LogP) is 2.03. The van der Waals surface area contributed by atoms with Gasteiger partial charge < -0.3 is 16.0 Å².